The number of nitrogens with zero attached hydrogens (tertiary/aromatic N) is 1. The molecule has 0 spiro atoms. The van der Waals surface area contributed by atoms with E-state index < -0.39 is 0 Å². The molecule has 0 saturated heterocycles. The van der Waals surface area contributed by atoms with Gasteiger partial charge in [-0.25, -0.2) is 4.98 Å². The van der Waals surface area contributed by atoms with Crippen LogP contribution in [0.25, 0.3) is 0 Å². The minimum absolute atomic E-state index is 0.0488. The molecule has 15 heavy (non-hydrogen) atoms. The van der Waals surface area contributed by atoms with Gasteiger partial charge in [-0.2, -0.15) is 0 Å². The van der Waals surface area contributed by atoms with Gasteiger partial charge in [0.25, 0.3) is 0 Å². The van der Waals surface area contributed by atoms with Crippen LogP contribution >= 0.6 is 11.3 Å². The van der Waals surface area contributed by atoms with Crippen molar-refractivity contribution in [3.05, 3.63) is 39.1 Å². The van der Waals surface area contributed by atoms with Gasteiger partial charge in [0.05, 0.1) is 6.54 Å². The van der Waals surface area contributed by atoms with Crippen LogP contribution < -0.4 is 15.9 Å². The lowest BCUT2D eigenvalue weighted by molar-refractivity contribution is 1.04. The molecule has 0 fully saturated rings. The number of aromatic amines is 1. The monoisotopic (exact) mass is 222 g/mol. The number of hydrogen-bond donors (Lipinski definition) is 3. The van der Waals surface area contributed by atoms with Crippen LogP contribution in [0.2, 0.25) is 0 Å². The molecule has 0 aliphatic rings. The minimum atomic E-state index is -0.0488. The Labute approximate surface area is 90.0 Å². The number of nitrogens with two attached hydrogens (primary N) is 1. The average Bonchev–Trinajstić information content (AvgIpc) is 2.62. The number of H-pyrrole nitrogens is 1. The summed E-state index contributed by atoms with van der Waals surface area (Å²) >= 11 is 1.15. The maximum atomic E-state index is 10.9. The topological polar surface area (TPSA) is 83.8 Å². The number of hydrogen-bond acceptors (Lipinski definition) is 5. The Morgan fingerprint density at radius 2 is 2.47 bits per heavy atom. The number of nitrogens with one attached hydrogen (secondary N) is 2. The van der Waals surface area contributed by atoms with Crippen molar-refractivity contribution in [2.24, 2.45) is 0 Å². The molecule has 2 rings (SSSR count). The van der Waals surface area contributed by atoms with E-state index in [0.29, 0.717) is 18.1 Å². The zero-order valence-electron chi connectivity index (χ0n) is 7.86. The fourth-order valence-electron chi connectivity index (χ4n) is 1.13. The number of pyridine rings is 1. The third-order valence-corrected chi connectivity index (χ3v) is 2.53. The Hall–Kier alpha value is -1.82. The van der Waals surface area contributed by atoms with Crippen LogP contribution in [0.5, 0.6) is 0 Å². The van der Waals surface area contributed by atoms with Crippen LogP contribution in [0.4, 0.5) is 11.5 Å². The normalized spacial score (nSPS) is 10.1. The number of aromatic nitrogens is 2. The van der Waals surface area contributed by atoms with Crippen molar-refractivity contribution >= 4 is 22.8 Å². The first-order valence-electron chi connectivity index (χ1n) is 4.36. The summed E-state index contributed by atoms with van der Waals surface area (Å²) in [6.45, 7) is 0.537. The predicted molar refractivity (Wildman–Crippen MR) is 60.9 cm³/mol. The second kappa shape index (κ2) is 4.14. The van der Waals surface area contributed by atoms with Crippen molar-refractivity contribution in [2.75, 3.05) is 11.1 Å². The van der Waals surface area contributed by atoms with E-state index in [0.717, 1.165) is 17.0 Å². The number of thiazole rings is 1. The molecule has 5 nitrogen and oxygen atoms in total. The summed E-state index contributed by atoms with van der Waals surface area (Å²) in [5, 5.41) is 4.84. The number of nitrogen functional groups attached to an aromatic ring is 1. The molecule has 2 aromatic rings. The van der Waals surface area contributed by atoms with Crippen molar-refractivity contribution in [2.45, 2.75) is 6.54 Å². The van der Waals surface area contributed by atoms with Crippen molar-refractivity contribution in [1.29, 1.82) is 0 Å². The Morgan fingerprint density at radius 3 is 3.13 bits per heavy atom. The molecule has 78 valence electrons. The largest absolute Gasteiger partial charge is 0.399 e. The maximum Gasteiger partial charge on any atom is 0.304 e. The minimum Gasteiger partial charge on any atom is -0.399 e. The Balaban J connectivity index is 2.02. The first-order valence-corrected chi connectivity index (χ1v) is 5.24. The van der Waals surface area contributed by atoms with Gasteiger partial charge < -0.3 is 16.0 Å². The van der Waals surface area contributed by atoms with Crippen LogP contribution in [0.15, 0.2) is 28.5 Å². The lowest BCUT2D eigenvalue weighted by atomic mass is 10.4. The van der Waals surface area contributed by atoms with Crippen LogP contribution in [0.1, 0.15) is 5.69 Å². The van der Waals surface area contributed by atoms with Gasteiger partial charge in [0.2, 0.25) is 0 Å². The van der Waals surface area contributed by atoms with Gasteiger partial charge in [-0.05, 0) is 6.07 Å². The van der Waals surface area contributed by atoms with Crippen molar-refractivity contribution < 1.29 is 0 Å². The summed E-state index contributed by atoms with van der Waals surface area (Å²) in [7, 11) is 0. The third kappa shape index (κ3) is 2.57. The van der Waals surface area contributed by atoms with Crippen molar-refractivity contribution in [3.63, 3.8) is 0 Å². The maximum absolute atomic E-state index is 10.9. The number of anilines is 2. The first-order chi connectivity index (χ1) is 7.24. The summed E-state index contributed by atoms with van der Waals surface area (Å²) in [5.41, 5.74) is 7.10. The van der Waals surface area contributed by atoms with Gasteiger partial charge in [-0.15, -0.1) is 0 Å². The third-order valence-electron chi connectivity index (χ3n) is 1.81. The molecular weight excluding hydrogens is 212 g/mol. The molecule has 0 atom stereocenters. The van der Waals surface area contributed by atoms with E-state index in [1.165, 1.54) is 0 Å². The van der Waals surface area contributed by atoms with E-state index in [4.69, 9.17) is 5.73 Å². The highest BCUT2D eigenvalue weighted by Crippen LogP contribution is 2.08. The Kier molecular flexibility index (Phi) is 2.68. The van der Waals surface area contributed by atoms with Crippen LogP contribution in [0.3, 0.4) is 0 Å². The molecule has 0 saturated carbocycles. The Morgan fingerprint density at radius 1 is 1.60 bits per heavy atom. The molecule has 0 bridgehead atoms. The molecule has 0 unspecified atom stereocenters. The quantitative estimate of drug-likeness (QED) is 0.724. The van der Waals surface area contributed by atoms with E-state index in [9.17, 15) is 4.79 Å². The lowest BCUT2D eigenvalue weighted by Crippen LogP contribution is -2.04. The predicted octanol–water partition coefficient (Wildman–Crippen LogP) is 1.03. The first kappa shape index (κ1) is 9.72. The zero-order valence-corrected chi connectivity index (χ0v) is 8.67. The molecule has 6 heteroatoms. The van der Waals surface area contributed by atoms with Gasteiger partial charge in [0.1, 0.15) is 5.82 Å². The molecule has 0 aliphatic heterocycles. The van der Waals surface area contributed by atoms with Crippen molar-refractivity contribution in [1.82, 2.24) is 9.97 Å². The Bertz CT molecular complexity index is 505. The molecule has 0 aromatic carbocycles. The van der Waals surface area contributed by atoms with Gasteiger partial charge in [-0.1, -0.05) is 11.3 Å². The van der Waals surface area contributed by atoms with Crippen LogP contribution in [-0.4, -0.2) is 9.97 Å². The molecular formula is C9H10N4OS. The molecule has 0 amide bonds. The molecule has 2 heterocycles. The fraction of sp³-hybridized carbons (Fsp3) is 0.111. The SMILES string of the molecule is Nc1ccnc(NCc2csc(=O)[nH]2)c1. The molecule has 0 aliphatic carbocycles. The summed E-state index contributed by atoms with van der Waals surface area (Å²) in [5.74, 6) is 0.696. The second-order valence-corrected chi connectivity index (χ2v) is 3.84. The highest BCUT2D eigenvalue weighted by Gasteiger charge is 1.97. The average molecular weight is 222 g/mol. The summed E-state index contributed by atoms with van der Waals surface area (Å²) in [6.07, 6.45) is 1.63. The summed E-state index contributed by atoms with van der Waals surface area (Å²) in [4.78, 5) is 17.6. The summed E-state index contributed by atoms with van der Waals surface area (Å²) in [6, 6.07) is 3.46. The summed E-state index contributed by atoms with van der Waals surface area (Å²) < 4.78 is 0. The van der Waals surface area contributed by atoms with Gasteiger partial charge in [0, 0.05) is 29.0 Å². The van der Waals surface area contributed by atoms with Crippen molar-refractivity contribution in [3.8, 4) is 0 Å². The molecule has 2 aromatic heterocycles. The van der Waals surface area contributed by atoms with E-state index >= 15 is 0 Å². The highest BCUT2D eigenvalue weighted by molar-refractivity contribution is 7.07. The van der Waals surface area contributed by atoms with E-state index in [2.05, 4.69) is 15.3 Å². The fourth-order valence-corrected chi connectivity index (χ4v) is 1.71. The lowest BCUT2D eigenvalue weighted by Gasteiger charge is -2.03. The zero-order chi connectivity index (χ0) is 10.7. The van der Waals surface area contributed by atoms with Crippen LogP contribution in [-0.2, 0) is 6.54 Å². The second-order valence-electron chi connectivity index (χ2n) is 3.00. The van der Waals surface area contributed by atoms with E-state index in [1.54, 1.807) is 23.7 Å². The van der Waals surface area contributed by atoms with E-state index in [1.807, 2.05) is 0 Å². The smallest absolute Gasteiger partial charge is 0.304 e. The van der Waals surface area contributed by atoms with Gasteiger partial charge in [-0.3, -0.25) is 4.79 Å². The van der Waals surface area contributed by atoms with Gasteiger partial charge >= 0.3 is 4.87 Å². The number of rotatable bonds is 3. The molecule has 4 N–H and O–H groups in total. The van der Waals surface area contributed by atoms with Crippen LogP contribution in [0, 0.1) is 0 Å². The van der Waals surface area contributed by atoms with Gasteiger partial charge in [0.15, 0.2) is 0 Å². The standard InChI is InChI=1S/C9H10N4OS/c10-6-1-2-11-8(3-6)12-4-7-5-15-9(14)13-7/h1-3,5H,4H2,(H,13,14)(H3,10,11,12). The highest BCUT2D eigenvalue weighted by atomic mass is 32.1. The molecule has 0 radical (unpaired) electrons. The van der Waals surface area contributed by atoms with E-state index in [-0.39, 0.29) is 4.87 Å².